The van der Waals surface area contributed by atoms with E-state index in [4.69, 9.17) is 0 Å². The summed E-state index contributed by atoms with van der Waals surface area (Å²) in [7, 11) is -3.55. The monoisotopic (exact) mass is 395 g/mol. The van der Waals surface area contributed by atoms with Crippen LogP contribution in [0, 0.1) is 0 Å². The number of benzene rings is 1. The summed E-state index contributed by atoms with van der Waals surface area (Å²) < 4.78 is 26.7. The molecule has 8 nitrogen and oxygen atoms in total. The molecule has 1 aromatic carbocycles. The highest BCUT2D eigenvalue weighted by molar-refractivity contribution is 7.89. The Hall–Kier alpha value is -1.97. The number of carboxylic acids is 1. The van der Waals surface area contributed by atoms with Crippen LogP contribution in [0.5, 0.6) is 0 Å². The smallest absolute Gasteiger partial charge is 0.320 e. The van der Waals surface area contributed by atoms with Crippen molar-refractivity contribution in [1.82, 2.24) is 14.1 Å². The Bertz CT molecular complexity index is 775. The van der Waals surface area contributed by atoms with Crippen LogP contribution in [0.25, 0.3) is 0 Å². The number of piperidine rings is 1. The minimum absolute atomic E-state index is 0.0718. The van der Waals surface area contributed by atoms with Crippen molar-refractivity contribution in [3.63, 3.8) is 0 Å². The van der Waals surface area contributed by atoms with E-state index in [1.54, 1.807) is 40.1 Å². The number of amides is 1. The molecular formula is C18H25N3O5S. The van der Waals surface area contributed by atoms with Gasteiger partial charge in [-0.15, -0.1) is 0 Å². The average molecular weight is 395 g/mol. The lowest BCUT2D eigenvalue weighted by Crippen LogP contribution is -2.54. The number of likely N-dealkylation sites (tertiary alicyclic amines) is 1. The van der Waals surface area contributed by atoms with Gasteiger partial charge in [-0.3, -0.25) is 14.5 Å². The van der Waals surface area contributed by atoms with E-state index in [1.165, 1.54) is 4.31 Å². The zero-order valence-electron chi connectivity index (χ0n) is 15.2. The highest BCUT2D eigenvalue weighted by atomic mass is 32.2. The molecule has 2 saturated heterocycles. The molecule has 2 aliphatic heterocycles. The topological polar surface area (TPSA) is 98.2 Å². The predicted octanol–water partition coefficient (Wildman–Crippen LogP) is 0.459. The third-order valence-corrected chi connectivity index (χ3v) is 7.12. The molecule has 1 amide bonds. The van der Waals surface area contributed by atoms with Gasteiger partial charge >= 0.3 is 5.97 Å². The molecule has 9 heteroatoms. The maximum absolute atomic E-state index is 12.6. The standard InChI is InChI=1S/C18H25N3O5S/c22-17(14-20-9-5-4-8-16(20)18(23)24)19-10-12-21(13-11-19)27(25,26)15-6-2-1-3-7-15/h1-3,6-7,16H,4-5,8-14H2,(H,23,24). The van der Waals surface area contributed by atoms with Gasteiger partial charge in [-0.2, -0.15) is 4.31 Å². The van der Waals surface area contributed by atoms with Crippen LogP contribution >= 0.6 is 0 Å². The van der Waals surface area contributed by atoms with E-state index in [1.807, 2.05) is 0 Å². The molecule has 1 unspecified atom stereocenters. The van der Waals surface area contributed by atoms with Gasteiger partial charge in [0.05, 0.1) is 11.4 Å². The summed E-state index contributed by atoms with van der Waals surface area (Å²) in [5.41, 5.74) is 0. The first kappa shape index (κ1) is 19.8. The number of nitrogens with zero attached hydrogens (tertiary/aromatic N) is 3. The van der Waals surface area contributed by atoms with Gasteiger partial charge in [0, 0.05) is 26.2 Å². The van der Waals surface area contributed by atoms with Crippen LogP contribution in [0.15, 0.2) is 35.2 Å². The van der Waals surface area contributed by atoms with Crippen LogP contribution in [-0.2, 0) is 19.6 Å². The summed E-state index contributed by atoms with van der Waals surface area (Å²) in [4.78, 5) is 27.6. The van der Waals surface area contributed by atoms with Crippen molar-refractivity contribution in [2.75, 3.05) is 39.3 Å². The predicted molar refractivity (Wildman–Crippen MR) is 98.6 cm³/mol. The first-order chi connectivity index (χ1) is 12.9. The molecule has 27 heavy (non-hydrogen) atoms. The Morgan fingerprint density at radius 2 is 1.67 bits per heavy atom. The SMILES string of the molecule is O=C(O)C1CCCCN1CC(=O)N1CCN(S(=O)(=O)c2ccccc2)CC1. The van der Waals surface area contributed by atoms with Crippen molar-refractivity contribution < 1.29 is 23.1 Å². The lowest BCUT2D eigenvalue weighted by molar-refractivity contribution is -0.146. The van der Waals surface area contributed by atoms with Gasteiger partial charge in [0.15, 0.2) is 0 Å². The van der Waals surface area contributed by atoms with Gasteiger partial charge in [-0.25, -0.2) is 8.42 Å². The second-order valence-electron chi connectivity index (χ2n) is 6.92. The molecule has 1 atom stereocenters. The largest absolute Gasteiger partial charge is 0.480 e. The van der Waals surface area contributed by atoms with Gasteiger partial charge in [0.2, 0.25) is 15.9 Å². The lowest BCUT2D eigenvalue weighted by atomic mass is 10.0. The van der Waals surface area contributed by atoms with Crippen LogP contribution in [0.4, 0.5) is 0 Å². The number of hydrogen-bond acceptors (Lipinski definition) is 5. The van der Waals surface area contributed by atoms with E-state index in [-0.39, 0.29) is 30.4 Å². The van der Waals surface area contributed by atoms with Gasteiger partial charge in [-0.05, 0) is 31.5 Å². The van der Waals surface area contributed by atoms with E-state index in [9.17, 15) is 23.1 Å². The molecule has 148 valence electrons. The fourth-order valence-electron chi connectivity index (χ4n) is 3.65. The number of sulfonamides is 1. The van der Waals surface area contributed by atoms with Crippen LogP contribution in [0.1, 0.15) is 19.3 Å². The van der Waals surface area contributed by atoms with Crippen molar-refractivity contribution >= 4 is 21.9 Å². The Balaban J connectivity index is 1.57. The second kappa shape index (κ2) is 8.37. The summed E-state index contributed by atoms with van der Waals surface area (Å²) in [6, 6.07) is 7.65. The third-order valence-electron chi connectivity index (χ3n) is 5.21. The fourth-order valence-corrected chi connectivity index (χ4v) is 5.10. The molecule has 0 aliphatic carbocycles. The summed E-state index contributed by atoms with van der Waals surface area (Å²) in [6.07, 6.45) is 2.31. The molecule has 0 aromatic heterocycles. The van der Waals surface area contributed by atoms with E-state index in [2.05, 4.69) is 0 Å². The van der Waals surface area contributed by atoms with Crippen molar-refractivity contribution in [2.45, 2.75) is 30.2 Å². The minimum atomic E-state index is -3.55. The molecule has 0 bridgehead atoms. The van der Waals surface area contributed by atoms with E-state index >= 15 is 0 Å². The molecule has 2 fully saturated rings. The Labute approximate surface area is 159 Å². The van der Waals surface area contributed by atoms with Crippen LogP contribution in [-0.4, -0.2) is 84.8 Å². The number of aliphatic carboxylic acids is 1. The Morgan fingerprint density at radius 1 is 1.00 bits per heavy atom. The number of rotatable bonds is 5. The zero-order chi connectivity index (χ0) is 19.4. The normalized spacial score (nSPS) is 22.5. The van der Waals surface area contributed by atoms with Gasteiger partial charge in [-0.1, -0.05) is 24.6 Å². The quantitative estimate of drug-likeness (QED) is 0.778. The molecule has 0 saturated carbocycles. The minimum Gasteiger partial charge on any atom is -0.480 e. The summed E-state index contributed by atoms with van der Waals surface area (Å²) >= 11 is 0. The number of piperazine rings is 1. The fraction of sp³-hybridized carbons (Fsp3) is 0.556. The summed E-state index contributed by atoms with van der Waals surface area (Å²) in [5.74, 6) is -1.03. The first-order valence-electron chi connectivity index (χ1n) is 9.19. The second-order valence-corrected chi connectivity index (χ2v) is 8.86. The number of hydrogen-bond donors (Lipinski definition) is 1. The van der Waals surface area contributed by atoms with Gasteiger partial charge in [0.1, 0.15) is 6.04 Å². The maximum Gasteiger partial charge on any atom is 0.320 e. The lowest BCUT2D eigenvalue weighted by Gasteiger charge is -2.37. The van der Waals surface area contributed by atoms with Crippen molar-refractivity contribution in [3.8, 4) is 0 Å². The highest BCUT2D eigenvalue weighted by Gasteiger charge is 2.33. The first-order valence-corrected chi connectivity index (χ1v) is 10.6. The van der Waals surface area contributed by atoms with Crippen molar-refractivity contribution in [3.05, 3.63) is 30.3 Å². The van der Waals surface area contributed by atoms with Crippen LogP contribution < -0.4 is 0 Å². The number of carboxylic acid groups (broad SMARTS) is 1. The molecule has 2 heterocycles. The molecule has 3 rings (SSSR count). The van der Waals surface area contributed by atoms with Gasteiger partial charge in [0.25, 0.3) is 0 Å². The maximum atomic E-state index is 12.6. The third kappa shape index (κ3) is 4.48. The van der Waals surface area contributed by atoms with Crippen LogP contribution in [0.3, 0.4) is 0 Å². The van der Waals surface area contributed by atoms with Crippen molar-refractivity contribution in [2.24, 2.45) is 0 Å². The highest BCUT2D eigenvalue weighted by Crippen LogP contribution is 2.19. The van der Waals surface area contributed by atoms with E-state index < -0.39 is 22.0 Å². The van der Waals surface area contributed by atoms with Crippen LogP contribution in [0.2, 0.25) is 0 Å². The zero-order valence-corrected chi connectivity index (χ0v) is 16.0. The summed E-state index contributed by atoms with van der Waals surface area (Å²) in [6.45, 7) is 1.79. The molecule has 2 aliphatic rings. The molecule has 0 radical (unpaired) electrons. The average Bonchev–Trinajstić information content (AvgIpc) is 2.69. The van der Waals surface area contributed by atoms with E-state index in [0.29, 0.717) is 26.1 Å². The number of carbonyl (C=O) groups is 2. The Kier molecular flexibility index (Phi) is 6.13. The van der Waals surface area contributed by atoms with Gasteiger partial charge < -0.3 is 10.0 Å². The molecule has 1 aromatic rings. The molecule has 1 N–H and O–H groups in total. The summed E-state index contributed by atoms with van der Waals surface area (Å²) in [5, 5.41) is 9.32. The Morgan fingerprint density at radius 3 is 2.30 bits per heavy atom. The molecule has 0 spiro atoms. The number of carbonyl (C=O) groups excluding carboxylic acids is 1. The van der Waals surface area contributed by atoms with Crippen molar-refractivity contribution in [1.29, 1.82) is 0 Å². The molecular weight excluding hydrogens is 370 g/mol. The van der Waals surface area contributed by atoms with E-state index in [0.717, 1.165) is 12.8 Å².